The summed E-state index contributed by atoms with van der Waals surface area (Å²) in [7, 11) is 0. The quantitative estimate of drug-likeness (QED) is 0.476. The van der Waals surface area contributed by atoms with Crippen LogP contribution in [-0.4, -0.2) is 60.2 Å². The number of anilines is 1. The monoisotopic (exact) mass is 456 g/mol. The fraction of sp³-hybridized carbons (Fsp3) is 0.400. The molecular weight excluding hydrogens is 428 g/mol. The van der Waals surface area contributed by atoms with Gasteiger partial charge in [0.1, 0.15) is 11.5 Å². The van der Waals surface area contributed by atoms with E-state index < -0.39 is 0 Å². The molecule has 0 amide bonds. The van der Waals surface area contributed by atoms with E-state index in [2.05, 4.69) is 52.1 Å². The lowest BCUT2D eigenvalue weighted by atomic mass is 9.81. The van der Waals surface area contributed by atoms with E-state index in [4.69, 9.17) is 0 Å². The van der Waals surface area contributed by atoms with E-state index in [9.17, 15) is 4.79 Å². The zero-order chi connectivity index (χ0) is 23.2. The molecule has 9 nitrogen and oxygen atoms in total. The topological polar surface area (TPSA) is 107 Å². The lowest BCUT2D eigenvalue weighted by Gasteiger charge is -2.54. The van der Waals surface area contributed by atoms with Gasteiger partial charge in [0.15, 0.2) is 5.82 Å². The van der Waals surface area contributed by atoms with Crippen LogP contribution in [0, 0.1) is 6.92 Å². The molecule has 1 saturated carbocycles. The molecule has 9 heteroatoms. The molecule has 174 valence electrons. The standard InChI is InChI=1S/C25H28N8O/c1-3-17-11-20-21(29-25(17)34)10-16(12-26-20)14-32-8-9-33(23-7-6-22(23)32)18-4-5-19(27-13-18)24-28-15(2)30-31-24/h4-5,10-13,22-23H,3,6-9,14H2,1-2H3,(H,29,34)(H,28,30,31)/t22-,23-/m0/s1. The van der Waals surface area contributed by atoms with Crippen LogP contribution in [0.3, 0.4) is 0 Å². The number of fused-ring (bicyclic) bond motifs is 2. The molecule has 1 saturated heterocycles. The number of hydrogen-bond donors (Lipinski definition) is 2. The van der Waals surface area contributed by atoms with Gasteiger partial charge >= 0.3 is 0 Å². The van der Waals surface area contributed by atoms with Crippen molar-refractivity contribution in [3.63, 3.8) is 0 Å². The minimum Gasteiger partial charge on any atom is -0.364 e. The second kappa shape index (κ2) is 8.32. The molecule has 4 aromatic heterocycles. The van der Waals surface area contributed by atoms with E-state index in [1.807, 2.05) is 38.4 Å². The Balaban J connectivity index is 1.17. The number of aromatic nitrogens is 6. The van der Waals surface area contributed by atoms with Crippen LogP contribution in [0.4, 0.5) is 5.69 Å². The van der Waals surface area contributed by atoms with Gasteiger partial charge in [-0.2, -0.15) is 5.10 Å². The molecule has 6 rings (SSSR count). The van der Waals surface area contributed by atoms with Gasteiger partial charge in [-0.05, 0) is 56.0 Å². The first-order valence-electron chi connectivity index (χ1n) is 12.0. The minimum absolute atomic E-state index is 0.0144. The maximum atomic E-state index is 12.2. The SMILES string of the molecule is CCc1cc2ncc(CN3CCN(c4ccc(-c5n[nH]c(C)n5)nc4)[C@H]4CC[C@@H]43)cc2[nH]c1=O. The van der Waals surface area contributed by atoms with Gasteiger partial charge in [-0.25, -0.2) is 4.98 Å². The number of piperazine rings is 1. The van der Waals surface area contributed by atoms with Crippen molar-refractivity contribution in [2.45, 2.75) is 51.7 Å². The lowest BCUT2D eigenvalue weighted by Crippen LogP contribution is -2.64. The van der Waals surface area contributed by atoms with Crippen LogP contribution in [0.15, 0.2) is 41.5 Å². The van der Waals surface area contributed by atoms with E-state index >= 15 is 0 Å². The summed E-state index contributed by atoms with van der Waals surface area (Å²) in [6, 6.07) is 9.13. The Bertz CT molecular complexity index is 1390. The number of nitrogens with zero attached hydrogens (tertiary/aromatic N) is 6. The summed E-state index contributed by atoms with van der Waals surface area (Å²) in [6.45, 7) is 6.65. The van der Waals surface area contributed by atoms with Gasteiger partial charge in [-0.15, -0.1) is 0 Å². The Labute approximate surface area is 197 Å². The second-order valence-electron chi connectivity index (χ2n) is 9.28. The maximum Gasteiger partial charge on any atom is 0.251 e. The first-order valence-corrected chi connectivity index (χ1v) is 12.0. The Hall–Kier alpha value is -3.59. The average molecular weight is 457 g/mol. The molecular formula is C25H28N8O. The number of pyridine rings is 3. The van der Waals surface area contributed by atoms with Gasteiger partial charge in [0.05, 0.1) is 22.9 Å². The summed E-state index contributed by atoms with van der Waals surface area (Å²) in [5.41, 5.74) is 5.50. The fourth-order valence-electron chi connectivity index (χ4n) is 5.23. The van der Waals surface area contributed by atoms with Crippen LogP contribution < -0.4 is 10.5 Å². The van der Waals surface area contributed by atoms with Gasteiger partial charge in [0.2, 0.25) is 0 Å². The normalized spacial score (nSPS) is 20.4. The third-order valence-electron chi connectivity index (χ3n) is 7.20. The van der Waals surface area contributed by atoms with Gasteiger partial charge in [0, 0.05) is 43.5 Å². The van der Waals surface area contributed by atoms with Crippen LogP contribution in [0.1, 0.15) is 36.7 Å². The van der Waals surface area contributed by atoms with E-state index in [1.165, 1.54) is 12.8 Å². The fourth-order valence-corrected chi connectivity index (χ4v) is 5.23. The third-order valence-corrected chi connectivity index (χ3v) is 7.20. The Morgan fingerprint density at radius 2 is 1.97 bits per heavy atom. The molecule has 0 aromatic carbocycles. The van der Waals surface area contributed by atoms with Crippen LogP contribution in [0.25, 0.3) is 22.6 Å². The smallest absolute Gasteiger partial charge is 0.251 e. The van der Waals surface area contributed by atoms with Gasteiger partial charge in [-0.1, -0.05) is 6.92 Å². The molecule has 0 bridgehead atoms. The number of aromatic amines is 2. The molecule has 2 atom stereocenters. The molecule has 2 N–H and O–H groups in total. The highest BCUT2D eigenvalue weighted by Crippen LogP contribution is 2.37. The van der Waals surface area contributed by atoms with Crippen molar-refractivity contribution in [2.75, 3.05) is 18.0 Å². The van der Waals surface area contributed by atoms with E-state index in [0.717, 1.165) is 59.0 Å². The molecule has 1 aliphatic heterocycles. The molecule has 0 unspecified atom stereocenters. The molecule has 34 heavy (non-hydrogen) atoms. The number of nitrogens with one attached hydrogen (secondary N) is 2. The minimum atomic E-state index is -0.0144. The van der Waals surface area contributed by atoms with Gasteiger partial charge < -0.3 is 9.88 Å². The van der Waals surface area contributed by atoms with Crippen molar-refractivity contribution >= 4 is 16.7 Å². The zero-order valence-corrected chi connectivity index (χ0v) is 19.5. The number of aryl methyl sites for hydroxylation is 2. The largest absolute Gasteiger partial charge is 0.364 e. The van der Waals surface area contributed by atoms with Crippen LogP contribution in [-0.2, 0) is 13.0 Å². The van der Waals surface area contributed by atoms with Crippen molar-refractivity contribution in [1.29, 1.82) is 0 Å². The third kappa shape index (κ3) is 3.66. The first kappa shape index (κ1) is 21.0. The zero-order valence-electron chi connectivity index (χ0n) is 19.5. The number of rotatable bonds is 5. The van der Waals surface area contributed by atoms with Crippen molar-refractivity contribution in [2.24, 2.45) is 0 Å². The van der Waals surface area contributed by atoms with Crippen molar-refractivity contribution in [3.05, 3.63) is 64.0 Å². The second-order valence-corrected chi connectivity index (χ2v) is 9.28. The van der Waals surface area contributed by atoms with Gasteiger partial charge in [0.25, 0.3) is 5.56 Å². The molecule has 0 spiro atoms. The van der Waals surface area contributed by atoms with E-state index in [0.29, 0.717) is 24.3 Å². The summed E-state index contributed by atoms with van der Waals surface area (Å²) in [5.74, 6) is 1.42. The van der Waals surface area contributed by atoms with E-state index in [-0.39, 0.29) is 5.56 Å². The Kier molecular flexibility index (Phi) is 5.13. The highest BCUT2D eigenvalue weighted by molar-refractivity contribution is 5.74. The lowest BCUT2D eigenvalue weighted by molar-refractivity contribution is 0.0659. The van der Waals surface area contributed by atoms with Gasteiger partial charge in [-0.3, -0.25) is 24.8 Å². The molecule has 2 fully saturated rings. The molecule has 2 aliphatic rings. The van der Waals surface area contributed by atoms with Crippen molar-refractivity contribution in [1.82, 2.24) is 35.0 Å². The van der Waals surface area contributed by atoms with Crippen molar-refractivity contribution in [3.8, 4) is 11.5 Å². The van der Waals surface area contributed by atoms with Crippen molar-refractivity contribution < 1.29 is 0 Å². The first-order chi connectivity index (χ1) is 16.6. The highest BCUT2D eigenvalue weighted by atomic mass is 16.1. The number of H-pyrrole nitrogens is 2. The molecule has 1 aliphatic carbocycles. The molecule has 4 aromatic rings. The molecule has 0 radical (unpaired) electrons. The summed E-state index contributed by atoms with van der Waals surface area (Å²) in [6.07, 6.45) is 6.99. The summed E-state index contributed by atoms with van der Waals surface area (Å²) in [4.78, 5) is 33.9. The highest BCUT2D eigenvalue weighted by Gasteiger charge is 2.42. The Morgan fingerprint density at radius 1 is 1.09 bits per heavy atom. The van der Waals surface area contributed by atoms with E-state index in [1.54, 1.807) is 0 Å². The Morgan fingerprint density at radius 3 is 2.68 bits per heavy atom. The van der Waals surface area contributed by atoms with Crippen LogP contribution in [0.5, 0.6) is 0 Å². The average Bonchev–Trinajstić information content (AvgIpc) is 3.26. The summed E-state index contributed by atoms with van der Waals surface area (Å²) in [5, 5.41) is 7.08. The number of hydrogen-bond acceptors (Lipinski definition) is 7. The van der Waals surface area contributed by atoms with Crippen LogP contribution >= 0.6 is 0 Å². The predicted octanol–water partition coefficient (Wildman–Crippen LogP) is 2.83. The molecule has 5 heterocycles. The maximum absolute atomic E-state index is 12.2. The summed E-state index contributed by atoms with van der Waals surface area (Å²) >= 11 is 0. The van der Waals surface area contributed by atoms with Crippen LogP contribution in [0.2, 0.25) is 0 Å². The predicted molar refractivity (Wildman–Crippen MR) is 131 cm³/mol. The summed E-state index contributed by atoms with van der Waals surface area (Å²) < 4.78 is 0.